The van der Waals surface area contributed by atoms with E-state index in [1.165, 1.54) is 5.51 Å². The zero-order chi connectivity index (χ0) is 12.9. The summed E-state index contributed by atoms with van der Waals surface area (Å²) in [6.45, 7) is 2.16. The summed E-state index contributed by atoms with van der Waals surface area (Å²) in [5.41, 5.74) is 1.31. The van der Waals surface area contributed by atoms with Crippen LogP contribution in [0.1, 0.15) is 17.4 Å². The zero-order valence-electron chi connectivity index (χ0n) is 9.13. The van der Waals surface area contributed by atoms with Gasteiger partial charge in [0.2, 0.25) is 10.0 Å². The lowest BCUT2D eigenvalue weighted by atomic mass is 10.4. The smallest absolute Gasteiger partial charge is 0.357 e. The molecule has 0 aliphatic rings. The standard InChI is InChI=1S/C8H13N3O4S2/c1-2-11-17(14,15)4-3-9-7-6(8(12)13)10-5-16-7/h5,9,11H,2-4H2,1H3,(H,12,13). The van der Waals surface area contributed by atoms with Crippen LogP contribution in [0.2, 0.25) is 0 Å². The maximum atomic E-state index is 11.3. The Hall–Kier alpha value is -1.19. The van der Waals surface area contributed by atoms with Gasteiger partial charge in [-0.05, 0) is 0 Å². The molecule has 0 aliphatic heterocycles. The van der Waals surface area contributed by atoms with Crippen molar-refractivity contribution < 1.29 is 18.3 Å². The van der Waals surface area contributed by atoms with Crippen LogP contribution in [0, 0.1) is 0 Å². The molecule has 0 fully saturated rings. The fourth-order valence-corrected chi connectivity index (χ4v) is 2.77. The van der Waals surface area contributed by atoms with Crippen molar-refractivity contribution in [2.45, 2.75) is 6.92 Å². The molecule has 0 amide bonds. The Labute approximate surface area is 103 Å². The molecule has 7 nitrogen and oxygen atoms in total. The summed E-state index contributed by atoms with van der Waals surface area (Å²) >= 11 is 1.12. The predicted molar refractivity (Wildman–Crippen MR) is 65.0 cm³/mol. The molecule has 1 aromatic heterocycles. The molecule has 0 spiro atoms. The molecular weight excluding hydrogens is 266 g/mol. The molecule has 0 atom stereocenters. The van der Waals surface area contributed by atoms with Crippen LogP contribution in [-0.4, -0.2) is 43.3 Å². The van der Waals surface area contributed by atoms with E-state index in [2.05, 4.69) is 15.0 Å². The number of thiazole rings is 1. The van der Waals surface area contributed by atoms with E-state index in [0.29, 0.717) is 11.5 Å². The number of nitrogens with one attached hydrogen (secondary N) is 2. The van der Waals surface area contributed by atoms with E-state index in [9.17, 15) is 13.2 Å². The first-order valence-corrected chi connectivity index (χ1v) is 7.37. The van der Waals surface area contributed by atoms with Gasteiger partial charge in [0, 0.05) is 13.1 Å². The molecule has 0 radical (unpaired) electrons. The highest BCUT2D eigenvalue weighted by molar-refractivity contribution is 7.89. The predicted octanol–water partition coefficient (Wildman–Crippen LogP) is 0.192. The molecule has 0 saturated heterocycles. The fraction of sp³-hybridized carbons (Fsp3) is 0.500. The monoisotopic (exact) mass is 279 g/mol. The van der Waals surface area contributed by atoms with Crippen LogP contribution < -0.4 is 10.0 Å². The first-order chi connectivity index (χ1) is 7.96. The number of aromatic carboxylic acids is 1. The topological polar surface area (TPSA) is 108 Å². The lowest BCUT2D eigenvalue weighted by Crippen LogP contribution is -2.29. The van der Waals surface area contributed by atoms with Crippen LogP contribution in [0.5, 0.6) is 0 Å². The number of anilines is 1. The van der Waals surface area contributed by atoms with Crippen molar-refractivity contribution in [2.75, 3.05) is 24.2 Å². The molecule has 1 heterocycles. The van der Waals surface area contributed by atoms with Gasteiger partial charge >= 0.3 is 5.97 Å². The average Bonchev–Trinajstić information content (AvgIpc) is 2.65. The van der Waals surface area contributed by atoms with Gasteiger partial charge in [-0.2, -0.15) is 0 Å². The number of nitrogens with zero attached hydrogens (tertiary/aromatic N) is 1. The van der Waals surface area contributed by atoms with Crippen molar-refractivity contribution in [1.82, 2.24) is 9.71 Å². The Bertz CT molecular complexity index is 483. The molecule has 9 heteroatoms. The summed E-state index contributed by atoms with van der Waals surface area (Å²) in [7, 11) is -3.29. The first kappa shape index (κ1) is 13.9. The molecule has 96 valence electrons. The summed E-state index contributed by atoms with van der Waals surface area (Å²) in [6, 6.07) is 0. The van der Waals surface area contributed by atoms with Crippen LogP contribution in [0.4, 0.5) is 5.00 Å². The maximum Gasteiger partial charge on any atom is 0.357 e. The molecule has 3 N–H and O–H groups in total. The summed E-state index contributed by atoms with van der Waals surface area (Å²) in [4.78, 5) is 14.4. The number of hydrogen-bond acceptors (Lipinski definition) is 6. The molecule has 0 saturated carbocycles. The maximum absolute atomic E-state index is 11.3. The second-order valence-electron chi connectivity index (χ2n) is 3.08. The molecule has 0 aliphatic carbocycles. The normalized spacial score (nSPS) is 11.4. The van der Waals surface area contributed by atoms with Gasteiger partial charge in [-0.1, -0.05) is 6.92 Å². The summed E-state index contributed by atoms with van der Waals surface area (Å²) in [5.74, 6) is -1.25. The molecule has 17 heavy (non-hydrogen) atoms. The quantitative estimate of drug-likeness (QED) is 0.657. The van der Waals surface area contributed by atoms with Crippen molar-refractivity contribution in [2.24, 2.45) is 0 Å². The minimum absolute atomic E-state index is 0.0872. The fourth-order valence-electron chi connectivity index (χ4n) is 1.11. The van der Waals surface area contributed by atoms with E-state index in [1.807, 2.05) is 0 Å². The molecule has 1 rings (SSSR count). The second-order valence-corrected chi connectivity index (χ2v) is 5.86. The van der Waals surface area contributed by atoms with Gasteiger partial charge in [0.15, 0.2) is 5.69 Å². The lowest BCUT2D eigenvalue weighted by Gasteiger charge is -2.06. The van der Waals surface area contributed by atoms with Crippen LogP contribution >= 0.6 is 11.3 Å². The average molecular weight is 279 g/mol. The first-order valence-electron chi connectivity index (χ1n) is 4.84. The highest BCUT2D eigenvalue weighted by atomic mass is 32.2. The largest absolute Gasteiger partial charge is 0.476 e. The van der Waals surface area contributed by atoms with Crippen LogP contribution in [0.15, 0.2) is 5.51 Å². The Balaban J connectivity index is 2.52. The third kappa shape index (κ3) is 4.29. The highest BCUT2D eigenvalue weighted by Gasteiger charge is 2.14. The second kappa shape index (κ2) is 5.94. The van der Waals surface area contributed by atoms with Gasteiger partial charge in [0.05, 0.1) is 11.3 Å². The number of carbonyl (C=O) groups is 1. The van der Waals surface area contributed by atoms with E-state index in [1.54, 1.807) is 6.92 Å². The highest BCUT2D eigenvalue weighted by Crippen LogP contribution is 2.19. The number of hydrogen-bond donors (Lipinski definition) is 3. The molecular formula is C8H13N3O4S2. The van der Waals surface area contributed by atoms with Crippen molar-refractivity contribution in [3.8, 4) is 0 Å². The summed E-state index contributed by atoms with van der Waals surface area (Å²) in [5, 5.41) is 11.9. The summed E-state index contributed by atoms with van der Waals surface area (Å²) < 4.78 is 24.9. The van der Waals surface area contributed by atoms with Gasteiger partial charge < -0.3 is 10.4 Å². The van der Waals surface area contributed by atoms with Crippen LogP contribution in [0.3, 0.4) is 0 Å². The van der Waals surface area contributed by atoms with Crippen molar-refractivity contribution in [3.63, 3.8) is 0 Å². The van der Waals surface area contributed by atoms with E-state index < -0.39 is 16.0 Å². The minimum atomic E-state index is -3.29. The Morgan fingerprint density at radius 3 is 2.88 bits per heavy atom. The summed E-state index contributed by atoms with van der Waals surface area (Å²) in [6.07, 6.45) is 0. The van der Waals surface area contributed by atoms with Crippen LogP contribution in [0.25, 0.3) is 0 Å². The van der Waals surface area contributed by atoms with E-state index in [0.717, 1.165) is 11.3 Å². The van der Waals surface area contributed by atoms with E-state index in [4.69, 9.17) is 5.11 Å². The number of rotatable bonds is 7. The van der Waals surface area contributed by atoms with Crippen LogP contribution in [-0.2, 0) is 10.0 Å². The lowest BCUT2D eigenvalue weighted by molar-refractivity contribution is 0.0692. The Kier molecular flexibility index (Phi) is 4.85. The zero-order valence-corrected chi connectivity index (χ0v) is 10.8. The van der Waals surface area contributed by atoms with Crippen molar-refractivity contribution in [3.05, 3.63) is 11.2 Å². The Morgan fingerprint density at radius 1 is 1.59 bits per heavy atom. The minimum Gasteiger partial charge on any atom is -0.476 e. The van der Waals surface area contributed by atoms with Gasteiger partial charge in [-0.15, -0.1) is 11.3 Å². The Morgan fingerprint density at radius 2 is 2.29 bits per heavy atom. The molecule has 0 bridgehead atoms. The van der Waals surface area contributed by atoms with Gasteiger partial charge in [0.1, 0.15) is 5.00 Å². The SMILES string of the molecule is CCNS(=O)(=O)CCNc1scnc1C(=O)O. The number of carboxylic acid groups (broad SMARTS) is 1. The van der Waals surface area contributed by atoms with Gasteiger partial charge in [-0.25, -0.2) is 22.9 Å². The van der Waals surface area contributed by atoms with Crippen molar-refractivity contribution in [1.29, 1.82) is 0 Å². The van der Waals surface area contributed by atoms with E-state index >= 15 is 0 Å². The van der Waals surface area contributed by atoms with E-state index in [-0.39, 0.29) is 18.0 Å². The number of sulfonamides is 1. The third-order valence-electron chi connectivity index (χ3n) is 1.79. The van der Waals surface area contributed by atoms with Gasteiger partial charge in [-0.3, -0.25) is 0 Å². The number of aromatic nitrogens is 1. The van der Waals surface area contributed by atoms with Gasteiger partial charge in [0.25, 0.3) is 0 Å². The van der Waals surface area contributed by atoms with Crippen molar-refractivity contribution >= 4 is 32.3 Å². The molecule has 1 aromatic rings. The molecule has 0 aromatic carbocycles. The number of carboxylic acids is 1. The third-order valence-corrected chi connectivity index (χ3v) is 4.04. The molecule has 0 unspecified atom stereocenters.